The molecule has 0 aliphatic heterocycles. The molecular weight excluding hydrogens is 1120 g/mol. The molecule has 0 saturated heterocycles. The van der Waals surface area contributed by atoms with E-state index in [1.807, 2.05) is 132 Å². The Labute approximate surface area is 445 Å². The first-order valence-electron chi connectivity index (χ1n) is 25.6. The van der Waals surface area contributed by atoms with E-state index in [-0.39, 0.29) is 38.1 Å². The van der Waals surface area contributed by atoms with E-state index in [0.717, 1.165) is 76.5 Å². The normalized spacial score (nSPS) is 12.6. The van der Waals surface area contributed by atoms with Gasteiger partial charge in [0.05, 0.1) is 44.7 Å². The number of halogens is 2. The van der Waals surface area contributed by atoms with Crippen LogP contribution in [0.4, 0.5) is 8.78 Å². The Balaban J connectivity index is 0.00000552. The molecule has 0 aliphatic carbocycles. The number of nitrogens with zero attached hydrogens (tertiary/aromatic N) is 7. The van der Waals surface area contributed by atoms with Gasteiger partial charge in [0, 0.05) is 71.2 Å². The zero-order valence-corrected chi connectivity index (χ0v) is 41.5. The van der Waals surface area contributed by atoms with E-state index in [0.29, 0.717) is 39.1 Å². The number of ether oxygens (including phenoxy) is 1. The van der Waals surface area contributed by atoms with Gasteiger partial charge in [0.15, 0.2) is 0 Å². The molecule has 0 spiro atoms. The number of hydrogen-bond donors (Lipinski definition) is 0. The number of hydrogen-bond acceptors (Lipinski definition) is 4. The minimum atomic E-state index is -2.66. The molecule has 0 fully saturated rings. The summed E-state index contributed by atoms with van der Waals surface area (Å²) < 4.78 is 73.9. The van der Waals surface area contributed by atoms with E-state index in [1.54, 1.807) is 35.2 Å². The van der Waals surface area contributed by atoms with Gasteiger partial charge in [-0.1, -0.05) is 121 Å². The second-order valence-electron chi connectivity index (χ2n) is 18.3. The molecule has 8 aromatic carbocycles. The number of rotatable bonds is 7. The van der Waals surface area contributed by atoms with Crippen molar-refractivity contribution in [2.24, 2.45) is 0 Å². The van der Waals surface area contributed by atoms with Crippen molar-refractivity contribution >= 4 is 87.4 Å². The van der Waals surface area contributed by atoms with Crippen LogP contribution in [0.1, 0.15) is 9.68 Å². The first kappa shape index (κ1) is 41.3. The predicted octanol–water partition coefficient (Wildman–Crippen LogP) is 15.9. The summed E-state index contributed by atoms with van der Waals surface area (Å²) in [5.41, 5.74) is 8.61. The Morgan fingerprint density at radius 3 is 1.53 bits per heavy atom. The molecular formula is C64H37F2N7OPt. The van der Waals surface area contributed by atoms with Crippen molar-refractivity contribution in [1.82, 2.24) is 33.2 Å². The van der Waals surface area contributed by atoms with Gasteiger partial charge in [-0.3, -0.25) is 8.78 Å². The molecule has 0 radical (unpaired) electrons. The van der Waals surface area contributed by atoms with Gasteiger partial charge >= 0.3 is 21.1 Å². The molecule has 0 amide bonds. The van der Waals surface area contributed by atoms with E-state index in [4.69, 9.17) is 9.72 Å². The maximum atomic E-state index is 15.9. The first-order valence-corrected chi connectivity index (χ1v) is 24.1. The van der Waals surface area contributed by atoms with Crippen molar-refractivity contribution in [2.45, 2.75) is 6.85 Å². The summed E-state index contributed by atoms with van der Waals surface area (Å²) >= 11 is 0. The molecule has 7 heterocycles. The van der Waals surface area contributed by atoms with Gasteiger partial charge in [0.1, 0.15) is 23.4 Å². The van der Waals surface area contributed by atoms with Crippen LogP contribution in [0.5, 0.6) is 11.5 Å². The van der Waals surface area contributed by atoms with E-state index >= 15 is 8.78 Å². The van der Waals surface area contributed by atoms with Crippen LogP contribution in [0.2, 0.25) is 0 Å². The molecule has 15 aromatic rings. The quantitative estimate of drug-likeness (QED) is 0.118. The molecule has 75 heavy (non-hydrogen) atoms. The topological polar surface area (TPSA) is 67.6 Å². The smallest absolute Gasteiger partial charge is 0.505 e. The maximum Gasteiger partial charge on any atom is 2.00 e. The molecule has 7 aromatic heterocycles. The van der Waals surface area contributed by atoms with Crippen LogP contribution in [0.3, 0.4) is 0 Å². The number of fused-ring (bicyclic) bond motifs is 12. The van der Waals surface area contributed by atoms with Crippen LogP contribution in [0.15, 0.2) is 207 Å². The summed E-state index contributed by atoms with van der Waals surface area (Å²) in [4.78, 5) is 13.4. The standard InChI is InChI=1S/C64H37F2N7O.Pt/c1-38-34-60(72-53-27-12-6-20-44(53)46-32-31-39(35-57(46)72)74-59-36-58(62(65)69-63(59)66)73-54-28-13-7-21-45(54)47-22-15-33-67-64(47)73)68-37-48(38)61-55(70-49-23-8-2-16-40(49)41-17-3-9-24-50(41)70)29-14-30-56(61)71-51-25-10-4-18-42(51)43-19-5-11-26-52(43)71;/h2-34,37H,1H3;/q-2;+2/i1D3;. The van der Waals surface area contributed by atoms with Gasteiger partial charge < -0.3 is 28.0 Å². The third-order valence-electron chi connectivity index (χ3n) is 14.3. The fraction of sp³-hybridized carbons (Fsp3) is 0.0156. The molecule has 8 nitrogen and oxygen atoms in total. The Bertz CT molecular complexity index is 4670. The van der Waals surface area contributed by atoms with Crippen molar-refractivity contribution in [3.8, 4) is 45.5 Å². The third-order valence-corrected chi connectivity index (χ3v) is 14.3. The minimum Gasteiger partial charge on any atom is -0.505 e. The Morgan fingerprint density at radius 2 is 0.973 bits per heavy atom. The Morgan fingerprint density at radius 1 is 0.480 bits per heavy atom. The van der Waals surface area contributed by atoms with Gasteiger partial charge in [-0.25, -0.2) is 9.97 Å². The summed E-state index contributed by atoms with van der Waals surface area (Å²) in [6.45, 7) is -2.66. The molecule has 0 bridgehead atoms. The van der Waals surface area contributed by atoms with Gasteiger partial charge in [-0.15, -0.1) is 23.6 Å². The number of para-hydroxylation sites is 6. The van der Waals surface area contributed by atoms with Crippen molar-refractivity contribution in [1.29, 1.82) is 0 Å². The monoisotopic (exact) mass is 1160 g/mol. The van der Waals surface area contributed by atoms with Gasteiger partial charge in [0.25, 0.3) is 0 Å². The van der Waals surface area contributed by atoms with Crippen molar-refractivity contribution in [2.75, 3.05) is 0 Å². The predicted molar refractivity (Wildman–Crippen MR) is 291 cm³/mol. The third kappa shape index (κ3) is 6.66. The molecule has 11 heteroatoms. The zero-order chi connectivity index (χ0) is 51.7. The summed E-state index contributed by atoms with van der Waals surface area (Å²) in [5.74, 6) is -2.40. The Hall–Kier alpha value is -9.24. The fourth-order valence-electron chi connectivity index (χ4n) is 11.2. The Kier molecular flexibility index (Phi) is 9.45. The fourth-order valence-corrected chi connectivity index (χ4v) is 11.2. The molecule has 0 atom stereocenters. The van der Waals surface area contributed by atoms with Crippen LogP contribution < -0.4 is 4.74 Å². The summed E-state index contributed by atoms with van der Waals surface area (Å²) in [6.07, 6.45) is 3.27. The van der Waals surface area contributed by atoms with Gasteiger partial charge in [0.2, 0.25) is 0 Å². The van der Waals surface area contributed by atoms with Crippen LogP contribution in [-0.4, -0.2) is 33.2 Å². The second-order valence-corrected chi connectivity index (χ2v) is 18.3. The number of benzene rings is 8. The average Bonchev–Trinajstić information content (AvgIpc) is 4.24. The number of aryl methyl sites for hydroxylation is 1. The van der Waals surface area contributed by atoms with Crippen molar-refractivity contribution in [3.05, 3.63) is 236 Å². The second kappa shape index (κ2) is 17.2. The maximum absolute atomic E-state index is 15.9. The molecule has 358 valence electrons. The molecule has 15 rings (SSSR count). The van der Waals surface area contributed by atoms with Crippen LogP contribution in [0, 0.1) is 30.9 Å². The molecule has 0 aliphatic rings. The number of pyridine rings is 3. The number of aromatic nitrogens is 7. The summed E-state index contributed by atoms with van der Waals surface area (Å²) in [5, 5.41) is 7.41. The van der Waals surface area contributed by atoms with Crippen LogP contribution >= 0.6 is 0 Å². The van der Waals surface area contributed by atoms with E-state index in [9.17, 15) is 4.11 Å². The molecule has 0 N–H and O–H groups in total. The summed E-state index contributed by atoms with van der Waals surface area (Å²) in [6, 6.07) is 69.3. The van der Waals surface area contributed by atoms with Gasteiger partial charge in [-0.2, -0.15) is 6.07 Å². The molecule has 0 saturated carbocycles. The SMILES string of the molecule is [2H]C([2H])([2H])c1cc(-n2c3[c-]c(Oc4[c-]c(-n5c6ccccc6c6cccnc65)c(F)nc4F)ccc3c3ccccc32)ncc1-c1c(-n2c3ccccc3c3ccccc32)cccc1-n1c2ccccc2c2ccccc21.[Pt+2]. The minimum absolute atomic E-state index is 0. The first-order chi connectivity index (χ1) is 37.7. The summed E-state index contributed by atoms with van der Waals surface area (Å²) in [7, 11) is 0. The van der Waals surface area contributed by atoms with Gasteiger partial charge in [-0.05, 0) is 90.2 Å². The largest absolute Gasteiger partial charge is 2.00 e. The zero-order valence-electron chi connectivity index (χ0n) is 42.2. The van der Waals surface area contributed by atoms with E-state index in [2.05, 4.69) is 79.8 Å². The van der Waals surface area contributed by atoms with Crippen LogP contribution in [0.25, 0.3) is 121 Å². The van der Waals surface area contributed by atoms with Crippen molar-refractivity contribution < 1.29 is 38.7 Å². The van der Waals surface area contributed by atoms with E-state index < -0.39 is 24.5 Å². The van der Waals surface area contributed by atoms with Crippen LogP contribution in [-0.2, 0) is 21.1 Å². The average molecular weight is 1160 g/mol. The molecule has 0 unspecified atom stereocenters. The van der Waals surface area contributed by atoms with Crippen molar-refractivity contribution in [3.63, 3.8) is 0 Å². The van der Waals surface area contributed by atoms with E-state index in [1.165, 1.54) is 0 Å².